The van der Waals surface area contributed by atoms with Gasteiger partial charge in [0.2, 0.25) is 17.4 Å². The largest absolute Gasteiger partial charge is 0.492 e. The lowest BCUT2D eigenvalue weighted by Crippen LogP contribution is -2.46. The minimum Gasteiger partial charge on any atom is -0.492 e. The van der Waals surface area contributed by atoms with Gasteiger partial charge in [0, 0.05) is 84.8 Å². The van der Waals surface area contributed by atoms with E-state index in [1.165, 1.54) is 24.3 Å². The second-order valence-electron chi connectivity index (χ2n) is 17.1. The molecule has 3 aromatic carbocycles. The zero-order chi connectivity index (χ0) is 47.6. The van der Waals surface area contributed by atoms with E-state index < -0.39 is 43.4 Å². The van der Waals surface area contributed by atoms with Crippen LogP contribution in [0, 0.1) is 0 Å². The monoisotopic (exact) mass is 946 g/mol. The van der Waals surface area contributed by atoms with E-state index >= 15 is 0 Å². The normalized spacial score (nSPS) is 18.3. The van der Waals surface area contributed by atoms with Crippen molar-refractivity contribution in [3.63, 3.8) is 0 Å². The van der Waals surface area contributed by atoms with Crippen molar-refractivity contribution in [2.24, 2.45) is 0 Å². The molecule has 0 amide bonds. The summed E-state index contributed by atoms with van der Waals surface area (Å²) in [6, 6.07) is 20.4. The van der Waals surface area contributed by atoms with Gasteiger partial charge in [-0.3, -0.25) is 8.74 Å². The molecule has 4 heterocycles. The molecule has 7 rings (SSSR count). The first kappa shape index (κ1) is 48.2. The molecule has 0 aliphatic carbocycles. The van der Waals surface area contributed by atoms with E-state index in [2.05, 4.69) is 37.8 Å². The van der Waals surface area contributed by atoms with Crippen molar-refractivity contribution in [3.8, 4) is 17.5 Å². The zero-order valence-electron chi connectivity index (χ0n) is 37.8. The maximum Gasteiger partial charge on any atom is 0.333 e. The van der Waals surface area contributed by atoms with Crippen LogP contribution < -0.4 is 14.5 Å². The van der Waals surface area contributed by atoms with Gasteiger partial charge < -0.3 is 34.2 Å². The van der Waals surface area contributed by atoms with E-state index in [-0.39, 0.29) is 48.4 Å². The smallest absolute Gasteiger partial charge is 0.333 e. The summed E-state index contributed by atoms with van der Waals surface area (Å²) >= 11 is 0. The number of benzene rings is 3. The van der Waals surface area contributed by atoms with Crippen molar-refractivity contribution in [2.75, 3.05) is 57.8 Å². The van der Waals surface area contributed by atoms with E-state index in [1.807, 2.05) is 60.0 Å². The molecule has 0 saturated carbocycles. The molecule has 0 radical (unpaired) electrons. The lowest BCUT2D eigenvalue weighted by Gasteiger charge is -2.44. The maximum absolute atomic E-state index is 13.1. The van der Waals surface area contributed by atoms with Crippen molar-refractivity contribution >= 4 is 60.2 Å². The number of anilines is 1. The molecule has 1 atom stereocenters. The lowest BCUT2D eigenvalue weighted by molar-refractivity contribution is -0.437. The fourth-order valence-corrected chi connectivity index (χ4v) is 10.1. The second-order valence-corrected chi connectivity index (χ2v) is 20.4. The quantitative estimate of drug-likeness (QED) is 0.0380. The molecule has 352 valence electrons. The number of aromatic nitrogens is 1. The van der Waals surface area contributed by atoms with Gasteiger partial charge in [-0.15, -0.1) is 4.73 Å². The summed E-state index contributed by atoms with van der Waals surface area (Å²) in [6.45, 7) is 10.4. The average Bonchev–Trinajstić information content (AvgIpc) is 3.70. The van der Waals surface area contributed by atoms with Crippen LogP contribution >= 0.6 is 0 Å². The first-order valence-electron chi connectivity index (χ1n) is 21.5. The predicted octanol–water partition coefficient (Wildman–Crippen LogP) is 6.88. The molecule has 66 heavy (non-hydrogen) atoms. The molecule has 1 unspecified atom stereocenters. The molecule has 3 aliphatic rings. The molecule has 18 heteroatoms. The number of hydrogen-bond acceptors (Lipinski definition) is 13. The fourth-order valence-electron chi connectivity index (χ4n) is 8.97. The number of ether oxygens (including phenoxy) is 3. The summed E-state index contributed by atoms with van der Waals surface area (Å²) < 4.78 is 86.0. The average molecular weight is 947 g/mol. The van der Waals surface area contributed by atoms with Gasteiger partial charge in [0.05, 0.1) is 48.5 Å². The first-order valence-corrected chi connectivity index (χ1v) is 24.5. The van der Waals surface area contributed by atoms with Gasteiger partial charge in [0.15, 0.2) is 5.71 Å². The van der Waals surface area contributed by atoms with Crippen molar-refractivity contribution < 1.29 is 64.2 Å². The minimum atomic E-state index is -4.67. The standard InChI is InChI=1S/C48H55N3O13S2/c1-32-31-47(2,3)50(21-22-62-24-23-60-5)40-30-42-37(29-36(32)40)34(26-41(63-42)33-12-8-7-9-13-33)27-43-48(4,19-10-14-46(54)64-51-44(52)17-18-45(51)53)38-28-35(66(57,58)59)15-16-39(38)49(43)20-11-25-65(55,56)61-6/h7-9,12-13,15-18,26-31H,10-11,14,19-25H2,1-6H3,(H2-,52,53,57,58,59)/p+1. The Kier molecular flexibility index (Phi) is 14.0. The number of aromatic hydroxyl groups is 2. The summed E-state index contributed by atoms with van der Waals surface area (Å²) in [7, 11) is -5.79. The summed E-state index contributed by atoms with van der Waals surface area (Å²) in [5.74, 6) is -0.860. The number of rotatable bonds is 19. The highest BCUT2D eigenvalue weighted by Gasteiger charge is 2.49. The lowest BCUT2D eigenvalue weighted by atomic mass is 9.74. The van der Waals surface area contributed by atoms with Crippen LogP contribution in [0.3, 0.4) is 0 Å². The Balaban J connectivity index is 1.40. The van der Waals surface area contributed by atoms with Gasteiger partial charge in [-0.2, -0.15) is 21.4 Å². The highest BCUT2D eigenvalue weighted by molar-refractivity contribution is 7.86. The molecule has 4 aromatic rings. The third-order valence-electron chi connectivity index (χ3n) is 12.2. The van der Waals surface area contributed by atoms with Crippen LogP contribution in [0.5, 0.6) is 17.5 Å². The van der Waals surface area contributed by atoms with Crippen LogP contribution in [0.25, 0.3) is 16.9 Å². The summed E-state index contributed by atoms with van der Waals surface area (Å²) in [6.07, 6.45) is 6.51. The molecule has 3 aliphatic heterocycles. The number of nitrogens with zero attached hydrogens (tertiary/aromatic N) is 3. The van der Waals surface area contributed by atoms with Gasteiger partial charge in [-0.05, 0) is 76.0 Å². The molecule has 0 fully saturated rings. The SMILES string of the molecule is COCCOCCN1c2cc3c(cc2C(C)=CC1(C)C)C(=CC1=[N+](CCCS(=O)(=O)OC)c2ccc(S(=O)(=O)O)cc2C1(C)CCCC(=O)On1c(O)ccc1O)C=C(c1ccccc1)O3. The topological polar surface area (TPSA) is 203 Å². The van der Waals surface area contributed by atoms with E-state index in [0.717, 1.165) is 40.6 Å². The Hall–Kier alpha value is -5.76. The second kappa shape index (κ2) is 19.2. The molecule has 0 spiro atoms. The van der Waals surface area contributed by atoms with E-state index in [9.17, 15) is 36.4 Å². The molecular weight excluding hydrogens is 891 g/mol. The summed E-state index contributed by atoms with van der Waals surface area (Å²) in [4.78, 5) is 20.3. The Labute approximate surface area is 385 Å². The molecule has 3 N–H and O–H groups in total. The van der Waals surface area contributed by atoms with Crippen molar-refractivity contribution in [2.45, 2.75) is 69.2 Å². The fraction of sp³-hybridized carbons (Fsp3) is 0.375. The van der Waals surface area contributed by atoms with Gasteiger partial charge >= 0.3 is 5.97 Å². The molecule has 16 nitrogen and oxygen atoms in total. The highest BCUT2D eigenvalue weighted by Crippen LogP contribution is 2.49. The Morgan fingerprint density at radius 1 is 0.894 bits per heavy atom. The Morgan fingerprint density at radius 2 is 1.62 bits per heavy atom. The van der Waals surface area contributed by atoms with Gasteiger partial charge in [-0.1, -0.05) is 36.4 Å². The number of methoxy groups -OCH3 is 1. The van der Waals surface area contributed by atoms with Crippen molar-refractivity contribution in [1.82, 2.24) is 4.73 Å². The van der Waals surface area contributed by atoms with Gasteiger partial charge in [0.25, 0.3) is 20.2 Å². The summed E-state index contributed by atoms with van der Waals surface area (Å²) in [5.41, 5.74) is 5.61. The van der Waals surface area contributed by atoms with Crippen molar-refractivity contribution in [3.05, 3.63) is 113 Å². The van der Waals surface area contributed by atoms with Crippen molar-refractivity contribution in [1.29, 1.82) is 0 Å². The number of carbonyl (C=O) groups is 1. The first-order chi connectivity index (χ1) is 31.3. The molecular formula is C48H56N3O13S2+. The molecule has 0 bridgehead atoms. The summed E-state index contributed by atoms with van der Waals surface area (Å²) in [5, 5.41) is 20.2. The van der Waals surface area contributed by atoms with Crippen LogP contribution in [0.4, 0.5) is 11.4 Å². The highest BCUT2D eigenvalue weighted by atomic mass is 32.2. The third-order valence-corrected chi connectivity index (χ3v) is 14.4. The molecule has 1 aromatic heterocycles. The van der Waals surface area contributed by atoms with Crippen LogP contribution in [-0.2, 0) is 44.1 Å². The number of fused-ring (bicyclic) bond motifs is 3. The van der Waals surface area contributed by atoms with Crippen LogP contribution in [0.15, 0.2) is 95.9 Å². The van der Waals surface area contributed by atoms with E-state index in [0.29, 0.717) is 59.6 Å². The number of allylic oxidation sites excluding steroid dienone is 4. The Bertz CT molecular complexity index is 2840. The third kappa shape index (κ3) is 10.1. The van der Waals surface area contributed by atoms with E-state index in [1.54, 1.807) is 13.2 Å². The van der Waals surface area contributed by atoms with Crippen LogP contribution in [0.1, 0.15) is 75.6 Å². The predicted molar refractivity (Wildman–Crippen MR) is 249 cm³/mol. The number of hydrogen-bond donors (Lipinski definition) is 3. The Morgan fingerprint density at radius 3 is 2.30 bits per heavy atom. The van der Waals surface area contributed by atoms with Gasteiger partial charge in [0.1, 0.15) is 18.1 Å². The maximum atomic E-state index is 13.1. The molecule has 0 saturated heterocycles. The minimum absolute atomic E-state index is 0.123. The van der Waals surface area contributed by atoms with Gasteiger partial charge in [-0.25, -0.2) is 4.79 Å². The number of carbonyl (C=O) groups excluding carboxylic acids is 1. The van der Waals surface area contributed by atoms with Crippen LogP contribution in [0.2, 0.25) is 0 Å². The van der Waals surface area contributed by atoms with E-state index in [4.69, 9.17) is 23.2 Å². The van der Waals surface area contributed by atoms with Crippen LogP contribution in [-0.4, -0.2) is 111 Å². The zero-order valence-corrected chi connectivity index (χ0v) is 39.4.